The molecule has 3 atom stereocenters. The molecule has 1 aromatic heterocycles. The van der Waals surface area contributed by atoms with E-state index >= 15 is 0 Å². The van der Waals surface area contributed by atoms with Crippen LogP contribution in [-0.4, -0.2) is 27.2 Å². The molecule has 5 rings (SSSR count). The molecule has 1 aliphatic heterocycles. The lowest BCUT2D eigenvalue weighted by Gasteiger charge is -2.46. The average molecular weight is 457 g/mol. The van der Waals surface area contributed by atoms with Crippen LogP contribution in [0.2, 0.25) is 0 Å². The Hall–Kier alpha value is -2.92. The highest BCUT2D eigenvalue weighted by molar-refractivity contribution is 5.59. The zero-order valence-electron chi connectivity index (χ0n) is 20.9. The molecule has 5 heteroatoms. The fourth-order valence-electron chi connectivity index (χ4n) is 5.77. The van der Waals surface area contributed by atoms with E-state index in [0.717, 1.165) is 35.1 Å². The summed E-state index contributed by atoms with van der Waals surface area (Å²) in [6, 6.07) is 19.2. The fraction of sp³-hybridized carbons (Fsp3) is 0.448. The summed E-state index contributed by atoms with van der Waals surface area (Å²) in [6.45, 7) is 10.2. The number of benzene rings is 2. The zero-order chi connectivity index (χ0) is 23.8. The summed E-state index contributed by atoms with van der Waals surface area (Å²) in [7, 11) is 0. The van der Waals surface area contributed by atoms with E-state index in [2.05, 4.69) is 67.0 Å². The highest BCUT2D eigenvalue weighted by atomic mass is 16.1. The molecule has 1 aliphatic carbocycles. The first-order chi connectivity index (χ1) is 16.4. The van der Waals surface area contributed by atoms with Crippen molar-refractivity contribution < 1.29 is 0 Å². The van der Waals surface area contributed by atoms with Gasteiger partial charge in [0.25, 0.3) is 5.56 Å². The molecule has 0 saturated heterocycles. The number of nitrogens with zero attached hydrogens (tertiary/aromatic N) is 4. The van der Waals surface area contributed by atoms with Crippen LogP contribution in [0.3, 0.4) is 0 Å². The molecule has 2 heterocycles. The van der Waals surface area contributed by atoms with Crippen LogP contribution in [0.1, 0.15) is 55.5 Å². The van der Waals surface area contributed by atoms with Gasteiger partial charge >= 0.3 is 0 Å². The Morgan fingerprint density at radius 1 is 0.971 bits per heavy atom. The van der Waals surface area contributed by atoms with Gasteiger partial charge in [0.05, 0.1) is 19.0 Å². The summed E-state index contributed by atoms with van der Waals surface area (Å²) < 4.78 is 1.92. The van der Waals surface area contributed by atoms with Gasteiger partial charge in [-0.1, -0.05) is 69.2 Å². The topological polar surface area (TPSA) is 41.4 Å². The number of aryl methyl sites for hydroxylation is 2. The summed E-state index contributed by atoms with van der Waals surface area (Å²) in [5.41, 5.74) is 5.16. The van der Waals surface area contributed by atoms with Gasteiger partial charge in [-0.3, -0.25) is 19.2 Å². The van der Waals surface area contributed by atoms with Crippen molar-refractivity contribution in [1.29, 1.82) is 0 Å². The maximum absolute atomic E-state index is 13.9. The third-order valence-corrected chi connectivity index (χ3v) is 8.01. The maximum Gasteiger partial charge on any atom is 0.259 e. The number of hydrogen-bond acceptors (Lipinski definition) is 4. The summed E-state index contributed by atoms with van der Waals surface area (Å²) in [6.07, 6.45) is 4.35. The van der Waals surface area contributed by atoms with Crippen molar-refractivity contribution in [2.24, 2.45) is 11.8 Å². The number of rotatable bonds is 4. The smallest absolute Gasteiger partial charge is 0.259 e. The van der Waals surface area contributed by atoms with Crippen LogP contribution in [0.4, 0.5) is 11.6 Å². The van der Waals surface area contributed by atoms with Crippen molar-refractivity contribution in [3.05, 3.63) is 87.3 Å². The van der Waals surface area contributed by atoms with E-state index in [1.54, 1.807) is 0 Å². The highest BCUT2D eigenvalue weighted by Crippen LogP contribution is 2.36. The molecule has 5 nitrogen and oxygen atoms in total. The van der Waals surface area contributed by atoms with Crippen LogP contribution < -0.4 is 10.5 Å². The number of anilines is 2. The molecule has 2 aromatic carbocycles. The van der Waals surface area contributed by atoms with Crippen molar-refractivity contribution >= 4 is 11.6 Å². The van der Waals surface area contributed by atoms with E-state index in [4.69, 9.17) is 4.98 Å². The Morgan fingerprint density at radius 3 is 2.53 bits per heavy atom. The van der Waals surface area contributed by atoms with Crippen LogP contribution in [0.5, 0.6) is 0 Å². The molecule has 0 N–H and O–H groups in total. The number of fused-ring (bicyclic) bond motifs is 1. The molecule has 2 aliphatic rings. The second-order valence-electron chi connectivity index (χ2n) is 10.3. The van der Waals surface area contributed by atoms with Gasteiger partial charge in [-0.25, -0.2) is 4.98 Å². The van der Waals surface area contributed by atoms with Gasteiger partial charge in [0.15, 0.2) is 0 Å². The Kier molecular flexibility index (Phi) is 6.30. The normalized spacial score (nSPS) is 23.1. The second-order valence-corrected chi connectivity index (χ2v) is 10.3. The van der Waals surface area contributed by atoms with Gasteiger partial charge in [0.2, 0.25) is 5.95 Å². The first-order valence-electron chi connectivity index (χ1n) is 12.6. The van der Waals surface area contributed by atoms with Crippen molar-refractivity contribution in [3.8, 4) is 0 Å². The Bertz CT molecular complexity index is 1220. The lowest BCUT2D eigenvalue weighted by Crippen LogP contribution is -2.54. The molecule has 34 heavy (non-hydrogen) atoms. The lowest BCUT2D eigenvalue weighted by molar-refractivity contribution is 0.0491. The maximum atomic E-state index is 13.9. The molecule has 0 radical (unpaired) electrons. The zero-order valence-corrected chi connectivity index (χ0v) is 20.9. The molecule has 0 bridgehead atoms. The highest BCUT2D eigenvalue weighted by Gasteiger charge is 2.36. The van der Waals surface area contributed by atoms with Crippen molar-refractivity contribution in [3.63, 3.8) is 0 Å². The summed E-state index contributed by atoms with van der Waals surface area (Å²) in [5.74, 6) is 2.07. The summed E-state index contributed by atoms with van der Waals surface area (Å²) >= 11 is 0. The summed E-state index contributed by atoms with van der Waals surface area (Å²) in [5, 5.41) is 0. The van der Waals surface area contributed by atoms with Crippen LogP contribution in [0.15, 0.2) is 59.4 Å². The van der Waals surface area contributed by atoms with E-state index in [9.17, 15) is 4.79 Å². The fourth-order valence-corrected chi connectivity index (χ4v) is 5.77. The third-order valence-electron chi connectivity index (χ3n) is 8.01. The van der Waals surface area contributed by atoms with Crippen molar-refractivity contribution in [2.75, 3.05) is 11.6 Å². The molecular formula is C29H36N4O. The first kappa shape index (κ1) is 22.9. The van der Waals surface area contributed by atoms with E-state index in [1.165, 1.54) is 24.8 Å². The lowest BCUT2D eigenvalue weighted by atomic mass is 9.77. The molecule has 1 fully saturated rings. The van der Waals surface area contributed by atoms with E-state index in [1.807, 2.05) is 29.7 Å². The predicted molar refractivity (Wildman–Crippen MR) is 138 cm³/mol. The van der Waals surface area contributed by atoms with E-state index in [-0.39, 0.29) is 5.56 Å². The Labute approximate surface area is 203 Å². The van der Waals surface area contributed by atoms with Gasteiger partial charge in [0, 0.05) is 23.7 Å². The minimum absolute atomic E-state index is 0.0882. The second kappa shape index (κ2) is 9.38. The van der Waals surface area contributed by atoms with Gasteiger partial charge in [-0.05, 0) is 55.4 Å². The Balaban J connectivity index is 1.60. The minimum atomic E-state index is 0.0882. The molecular weight excluding hydrogens is 420 g/mol. The van der Waals surface area contributed by atoms with E-state index in [0.29, 0.717) is 31.0 Å². The van der Waals surface area contributed by atoms with Gasteiger partial charge in [-0.2, -0.15) is 0 Å². The molecule has 178 valence electrons. The van der Waals surface area contributed by atoms with Gasteiger partial charge in [0.1, 0.15) is 0 Å². The SMILES string of the molecule is Cc1cccc(N2CN(C3CCCC(C)C3C)Cn3c2nc(C)c(Cc2ccccc2)c3=O)c1. The Morgan fingerprint density at radius 2 is 1.76 bits per heavy atom. The predicted octanol–water partition coefficient (Wildman–Crippen LogP) is 5.64. The first-order valence-corrected chi connectivity index (χ1v) is 12.6. The van der Waals surface area contributed by atoms with Crippen LogP contribution >= 0.6 is 0 Å². The van der Waals surface area contributed by atoms with Gasteiger partial charge < -0.3 is 0 Å². The van der Waals surface area contributed by atoms with Crippen LogP contribution in [0.25, 0.3) is 0 Å². The molecule has 3 aromatic rings. The number of aromatic nitrogens is 2. The average Bonchev–Trinajstić information content (AvgIpc) is 2.84. The van der Waals surface area contributed by atoms with E-state index < -0.39 is 0 Å². The standard InChI is InChI=1S/C29H36N4O/c1-20-10-8-14-25(16-20)32-18-31(27-15-9-11-21(2)22(27)3)19-33-28(34)26(23(4)30-29(32)33)17-24-12-6-5-7-13-24/h5-8,10,12-14,16,21-22,27H,9,11,15,17-19H2,1-4H3. The van der Waals surface area contributed by atoms with Gasteiger partial charge in [-0.15, -0.1) is 0 Å². The number of hydrogen-bond donors (Lipinski definition) is 0. The van der Waals surface area contributed by atoms with Crippen molar-refractivity contribution in [1.82, 2.24) is 14.5 Å². The minimum Gasteiger partial charge on any atom is -0.298 e. The van der Waals surface area contributed by atoms with Crippen LogP contribution in [-0.2, 0) is 13.1 Å². The largest absolute Gasteiger partial charge is 0.298 e. The monoisotopic (exact) mass is 456 g/mol. The third kappa shape index (κ3) is 4.29. The summed E-state index contributed by atoms with van der Waals surface area (Å²) in [4.78, 5) is 23.7. The molecule has 3 unspecified atom stereocenters. The molecule has 0 amide bonds. The molecule has 0 spiro atoms. The quantitative estimate of drug-likeness (QED) is 0.509. The molecule has 1 saturated carbocycles. The van der Waals surface area contributed by atoms with Crippen molar-refractivity contribution in [2.45, 2.75) is 66.1 Å². The van der Waals surface area contributed by atoms with Crippen LogP contribution in [0, 0.1) is 25.7 Å².